The lowest BCUT2D eigenvalue weighted by Crippen LogP contribution is -2.18. The number of nitrogens with zero attached hydrogens (tertiary/aromatic N) is 2. The molecule has 1 heterocycles. The van der Waals surface area contributed by atoms with E-state index in [-0.39, 0.29) is 17.5 Å². The zero-order valence-corrected chi connectivity index (χ0v) is 11.4. The van der Waals surface area contributed by atoms with Crippen molar-refractivity contribution in [2.45, 2.75) is 26.4 Å². The zero-order chi connectivity index (χ0) is 14.0. The number of phenols is 2. The van der Waals surface area contributed by atoms with Crippen molar-refractivity contribution in [3.63, 3.8) is 0 Å². The molecular weight excluding hydrogens is 242 g/mol. The Morgan fingerprint density at radius 2 is 1.95 bits per heavy atom. The summed E-state index contributed by atoms with van der Waals surface area (Å²) in [5.74, 6) is 0.200. The summed E-state index contributed by atoms with van der Waals surface area (Å²) in [7, 11) is 1.88. The Morgan fingerprint density at radius 3 is 2.47 bits per heavy atom. The molecule has 5 heteroatoms. The van der Waals surface area contributed by atoms with Gasteiger partial charge in [0.1, 0.15) is 11.5 Å². The van der Waals surface area contributed by atoms with Gasteiger partial charge < -0.3 is 15.5 Å². The van der Waals surface area contributed by atoms with Gasteiger partial charge in [0.25, 0.3) is 0 Å². The molecule has 2 rings (SSSR count). The van der Waals surface area contributed by atoms with E-state index in [1.165, 1.54) is 0 Å². The van der Waals surface area contributed by atoms with Crippen molar-refractivity contribution in [2.24, 2.45) is 7.05 Å². The van der Waals surface area contributed by atoms with E-state index < -0.39 is 0 Å². The Kier molecular flexibility index (Phi) is 3.76. The SMILES string of the molecule is Cc1nn(C)cc1CNC(C)c1c(O)cccc1O. The second-order valence-electron chi connectivity index (χ2n) is 4.73. The minimum atomic E-state index is -0.152. The van der Waals surface area contributed by atoms with E-state index in [0.29, 0.717) is 12.1 Å². The van der Waals surface area contributed by atoms with E-state index >= 15 is 0 Å². The molecule has 0 fully saturated rings. The monoisotopic (exact) mass is 261 g/mol. The maximum atomic E-state index is 9.80. The Hall–Kier alpha value is -2.01. The van der Waals surface area contributed by atoms with Gasteiger partial charge in [-0.1, -0.05) is 6.07 Å². The number of aromatic hydroxyl groups is 2. The quantitative estimate of drug-likeness (QED) is 0.787. The van der Waals surface area contributed by atoms with Crippen molar-refractivity contribution in [3.05, 3.63) is 41.2 Å². The molecule has 1 aromatic carbocycles. The van der Waals surface area contributed by atoms with Gasteiger partial charge in [-0.05, 0) is 26.0 Å². The van der Waals surface area contributed by atoms with Crippen LogP contribution < -0.4 is 5.32 Å². The summed E-state index contributed by atoms with van der Waals surface area (Å²) in [6.07, 6.45) is 1.96. The van der Waals surface area contributed by atoms with Gasteiger partial charge in [0.2, 0.25) is 0 Å². The van der Waals surface area contributed by atoms with E-state index in [4.69, 9.17) is 0 Å². The Labute approximate surface area is 112 Å². The number of phenolic OH excluding ortho intramolecular Hbond substituents is 2. The van der Waals surface area contributed by atoms with Crippen LogP contribution >= 0.6 is 0 Å². The summed E-state index contributed by atoms with van der Waals surface area (Å²) in [6.45, 7) is 4.49. The highest BCUT2D eigenvalue weighted by Gasteiger charge is 2.15. The maximum Gasteiger partial charge on any atom is 0.124 e. The normalized spacial score (nSPS) is 12.6. The van der Waals surface area contributed by atoms with Crippen LogP contribution in [-0.2, 0) is 13.6 Å². The van der Waals surface area contributed by atoms with Gasteiger partial charge in [0.05, 0.1) is 11.3 Å². The van der Waals surface area contributed by atoms with Gasteiger partial charge in [0, 0.05) is 31.4 Å². The molecule has 0 bridgehead atoms. The lowest BCUT2D eigenvalue weighted by Gasteiger charge is -2.16. The van der Waals surface area contributed by atoms with E-state index in [1.54, 1.807) is 22.9 Å². The maximum absolute atomic E-state index is 9.80. The van der Waals surface area contributed by atoms with Gasteiger partial charge >= 0.3 is 0 Å². The van der Waals surface area contributed by atoms with Crippen LogP contribution in [0.2, 0.25) is 0 Å². The molecule has 0 saturated heterocycles. The first-order valence-corrected chi connectivity index (χ1v) is 6.22. The molecule has 19 heavy (non-hydrogen) atoms. The van der Waals surface area contributed by atoms with Crippen LogP contribution in [-0.4, -0.2) is 20.0 Å². The molecule has 0 radical (unpaired) electrons. The molecule has 0 saturated carbocycles. The minimum absolute atomic E-state index is 0.0999. The highest BCUT2D eigenvalue weighted by atomic mass is 16.3. The van der Waals surface area contributed by atoms with Crippen molar-refractivity contribution in [3.8, 4) is 11.5 Å². The second kappa shape index (κ2) is 5.32. The van der Waals surface area contributed by atoms with Gasteiger partial charge in [-0.2, -0.15) is 5.10 Å². The zero-order valence-electron chi connectivity index (χ0n) is 11.4. The first kappa shape index (κ1) is 13.4. The summed E-state index contributed by atoms with van der Waals surface area (Å²) in [6, 6.07) is 4.61. The third kappa shape index (κ3) is 2.88. The second-order valence-corrected chi connectivity index (χ2v) is 4.73. The van der Waals surface area contributed by atoms with Gasteiger partial charge in [0.15, 0.2) is 0 Å². The van der Waals surface area contributed by atoms with Crippen LogP contribution in [0.15, 0.2) is 24.4 Å². The third-order valence-corrected chi connectivity index (χ3v) is 3.21. The average molecular weight is 261 g/mol. The summed E-state index contributed by atoms with van der Waals surface area (Å²) in [5.41, 5.74) is 2.59. The average Bonchev–Trinajstić information content (AvgIpc) is 2.65. The van der Waals surface area contributed by atoms with Crippen molar-refractivity contribution < 1.29 is 10.2 Å². The van der Waals surface area contributed by atoms with E-state index in [2.05, 4.69) is 10.4 Å². The van der Waals surface area contributed by atoms with Gasteiger partial charge in [-0.3, -0.25) is 4.68 Å². The van der Waals surface area contributed by atoms with Crippen LogP contribution in [0.1, 0.15) is 29.8 Å². The number of hydrogen-bond acceptors (Lipinski definition) is 4. The third-order valence-electron chi connectivity index (χ3n) is 3.21. The molecule has 0 aliphatic carbocycles. The van der Waals surface area contributed by atoms with Crippen LogP contribution in [0.4, 0.5) is 0 Å². The lowest BCUT2D eigenvalue weighted by molar-refractivity contribution is 0.418. The molecule has 0 amide bonds. The fourth-order valence-corrected chi connectivity index (χ4v) is 2.17. The molecule has 0 aliphatic rings. The molecule has 1 unspecified atom stereocenters. The first-order chi connectivity index (χ1) is 8.99. The fraction of sp³-hybridized carbons (Fsp3) is 0.357. The van der Waals surface area contributed by atoms with E-state index in [9.17, 15) is 10.2 Å². The largest absolute Gasteiger partial charge is 0.507 e. The fourth-order valence-electron chi connectivity index (χ4n) is 2.17. The van der Waals surface area contributed by atoms with Crippen molar-refractivity contribution >= 4 is 0 Å². The molecule has 5 nitrogen and oxygen atoms in total. The predicted molar refractivity (Wildman–Crippen MR) is 73.0 cm³/mol. The van der Waals surface area contributed by atoms with Crippen molar-refractivity contribution in [2.75, 3.05) is 0 Å². The highest BCUT2D eigenvalue weighted by molar-refractivity contribution is 5.44. The van der Waals surface area contributed by atoms with E-state index in [0.717, 1.165) is 11.3 Å². The van der Waals surface area contributed by atoms with E-state index in [1.807, 2.05) is 27.1 Å². The summed E-state index contributed by atoms with van der Waals surface area (Å²) < 4.78 is 1.77. The van der Waals surface area contributed by atoms with Gasteiger partial charge in [-0.15, -0.1) is 0 Å². The Morgan fingerprint density at radius 1 is 1.32 bits per heavy atom. The predicted octanol–water partition coefficient (Wildman–Crippen LogP) is 1.99. The summed E-state index contributed by atoms with van der Waals surface area (Å²) >= 11 is 0. The molecule has 0 aliphatic heterocycles. The molecular formula is C14H19N3O2. The number of rotatable bonds is 4. The first-order valence-electron chi connectivity index (χ1n) is 6.22. The molecule has 102 valence electrons. The van der Waals surface area contributed by atoms with Crippen LogP contribution in [0.3, 0.4) is 0 Å². The Bertz CT molecular complexity index is 558. The smallest absolute Gasteiger partial charge is 0.124 e. The lowest BCUT2D eigenvalue weighted by atomic mass is 10.1. The standard InChI is InChI=1S/C14H19N3O2/c1-9-11(8-17(3)16-9)7-15-10(2)14-12(18)5-4-6-13(14)19/h4-6,8,10,15,18-19H,7H2,1-3H3. The number of hydrogen-bond donors (Lipinski definition) is 3. The van der Waals surface area contributed by atoms with Crippen molar-refractivity contribution in [1.82, 2.24) is 15.1 Å². The summed E-state index contributed by atoms with van der Waals surface area (Å²) in [5, 5.41) is 27.2. The topological polar surface area (TPSA) is 70.3 Å². The highest BCUT2D eigenvalue weighted by Crippen LogP contribution is 2.32. The minimum Gasteiger partial charge on any atom is -0.507 e. The van der Waals surface area contributed by atoms with Crippen LogP contribution in [0.5, 0.6) is 11.5 Å². The molecule has 1 aromatic heterocycles. The van der Waals surface area contributed by atoms with Crippen molar-refractivity contribution in [1.29, 1.82) is 0 Å². The van der Waals surface area contributed by atoms with Crippen LogP contribution in [0, 0.1) is 6.92 Å². The number of aromatic nitrogens is 2. The molecule has 2 aromatic rings. The van der Waals surface area contributed by atoms with Gasteiger partial charge in [-0.25, -0.2) is 0 Å². The number of nitrogens with one attached hydrogen (secondary N) is 1. The Balaban J connectivity index is 2.09. The molecule has 1 atom stereocenters. The number of aryl methyl sites for hydroxylation is 2. The summed E-state index contributed by atoms with van der Waals surface area (Å²) in [4.78, 5) is 0. The van der Waals surface area contributed by atoms with Crippen LogP contribution in [0.25, 0.3) is 0 Å². The molecule has 3 N–H and O–H groups in total. The molecule has 0 spiro atoms. The number of benzene rings is 1.